The van der Waals surface area contributed by atoms with E-state index in [0.29, 0.717) is 12.5 Å². The SMILES string of the molecule is NCc1c(C2CCCCC2)nc2ccccn12. The highest BCUT2D eigenvalue weighted by atomic mass is 15.0. The molecule has 0 amide bonds. The van der Waals surface area contributed by atoms with Crippen LogP contribution in [0.5, 0.6) is 0 Å². The van der Waals surface area contributed by atoms with E-state index in [-0.39, 0.29) is 0 Å². The van der Waals surface area contributed by atoms with Gasteiger partial charge in [0.25, 0.3) is 0 Å². The summed E-state index contributed by atoms with van der Waals surface area (Å²) in [6.45, 7) is 0.580. The monoisotopic (exact) mass is 229 g/mol. The molecule has 1 aliphatic carbocycles. The first-order chi connectivity index (χ1) is 8.40. The van der Waals surface area contributed by atoms with Gasteiger partial charge in [0, 0.05) is 18.7 Å². The predicted molar refractivity (Wildman–Crippen MR) is 68.9 cm³/mol. The van der Waals surface area contributed by atoms with Crippen molar-refractivity contribution in [1.29, 1.82) is 0 Å². The van der Waals surface area contributed by atoms with Crippen molar-refractivity contribution in [2.24, 2.45) is 5.73 Å². The Balaban J connectivity index is 2.08. The highest BCUT2D eigenvalue weighted by Gasteiger charge is 2.22. The van der Waals surface area contributed by atoms with Gasteiger partial charge in [-0.3, -0.25) is 0 Å². The minimum Gasteiger partial charge on any atom is -0.325 e. The van der Waals surface area contributed by atoms with Gasteiger partial charge in [0.1, 0.15) is 5.65 Å². The van der Waals surface area contributed by atoms with Crippen molar-refractivity contribution >= 4 is 5.65 Å². The third-order valence-electron chi connectivity index (χ3n) is 3.85. The van der Waals surface area contributed by atoms with Crippen LogP contribution in [0.4, 0.5) is 0 Å². The van der Waals surface area contributed by atoms with Crippen molar-refractivity contribution in [2.45, 2.75) is 44.6 Å². The third kappa shape index (κ3) is 1.84. The Labute approximate surface area is 102 Å². The van der Waals surface area contributed by atoms with Crippen LogP contribution >= 0.6 is 0 Å². The summed E-state index contributed by atoms with van der Waals surface area (Å²) in [7, 11) is 0. The molecule has 90 valence electrons. The molecule has 2 aromatic heterocycles. The molecule has 17 heavy (non-hydrogen) atoms. The number of imidazole rings is 1. The molecule has 3 nitrogen and oxygen atoms in total. The number of fused-ring (bicyclic) bond motifs is 1. The zero-order chi connectivity index (χ0) is 11.7. The molecule has 2 N–H and O–H groups in total. The second-order valence-corrected chi connectivity index (χ2v) is 4.91. The van der Waals surface area contributed by atoms with E-state index in [1.54, 1.807) is 0 Å². The summed E-state index contributed by atoms with van der Waals surface area (Å²) in [6, 6.07) is 6.14. The fourth-order valence-corrected chi connectivity index (χ4v) is 2.97. The summed E-state index contributed by atoms with van der Waals surface area (Å²) < 4.78 is 2.14. The first kappa shape index (κ1) is 10.8. The normalized spacial score (nSPS) is 17.7. The molecule has 2 heterocycles. The van der Waals surface area contributed by atoms with E-state index in [1.807, 2.05) is 12.1 Å². The Bertz CT molecular complexity index is 509. The largest absolute Gasteiger partial charge is 0.325 e. The molecule has 1 fully saturated rings. The molecule has 1 saturated carbocycles. The van der Waals surface area contributed by atoms with Gasteiger partial charge >= 0.3 is 0 Å². The molecule has 1 aliphatic rings. The molecule has 0 radical (unpaired) electrons. The van der Waals surface area contributed by atoms with Crippen LogP contribution in [0.15, 0.2) is 24.4 Å². The molecular weight excluding hydrogens is 210 g/mol. The van der Waals surface area contributed by atoms with Crippen LogP contribution in [-0.2, 0) is 6.54 Å². The molecule has 0 atom stereocenters. The van der Waals surface area contributed by atoms with Gasteiger partial charge in [-0.25, -0.2) is 4.98 Å². The van der Waals surface area contributed by atoms with Crippen molar-refractivity contribution in [3.63, 3.8) is 0 Å². The van der Waals surface area contributed by atoms with Gasteiger partial charge < -0.3 is 10.1 Å². The molecule has 0 unspecified atom stereocenters. The summed E-state index contributed by atoms with van der Waals surface area (Å²) in [4.78, 5) is 4.79. The number of aromatic nitrogens is 2. The van der Waals surface area contributed by atoms with Crippen LogP contribution in [0, 0.1) is 0 Å². The average Bonchev–Trinajstić information content (AvgIpc) is 2.78. The zero-order valence-corrected chi connectivity index (χ0v) is 10.1. The standard InChI is InChI=1S/C14H19N3/c15-10-12-14(11-6-2-1-3-7-11)16-13-8-4-5-9-17(12)13/h4-5,8-9,11H,1-3,6-7,10,15H2. The van der Waals surface area contributed by atoms with E-state index in [2.05, 4.69) is 16.7 Å². The van der Waals surface area contributed by atoms with Gasteiger partial charge in [-0.05, 0) is 25.0 Å². The van der Waals surface area contributed by atoms with Gasteiger partial charge in [-0.15, -0.1) is 0 Å². The molecule has 0 aromatic carbocycles. The third-order valence-corrected chi connectivity index (χ3v) is 3.85. The van der Waals surface area contributed by atoms with Crippen LogP contribution in [0.2, 0.25) is 0 Å². The maximum atomic E-state index is 5.91. The second kappa shape index (κ2) is 4.49. The fourth-order valence-electron chi connectivity index (χ4n) is 2.97. The van der Waals surface area contributed by atoms with Crippen molar-refractivity contribution < 1.29 is 0 Å². The van der Waals surface area contributed by atoms with Crippen molar-refractivity contribution in [1.82, 2.24) is 9.38 Å². The molecular formula is C14H19N3. The quantitative estimate of drug-likeness (QED) is 0.860. The lowest BCUT2D eigenvalue weighted by Gasteiger charge is -2.20. The average molecular weight is 229 g/mol. The van der Waals surface area contributed by atoms with Gasteiger partial charge in [-0.1, -0.05) is 25.3 Å². The van der Waals surface area contributed by atoms with Gasteiger partial charge in [0.15, 0.2) is 0 Å². The molecule has 0 aliphatic heterocycles. The number of pyridine rings is 1. The Hall–Kier alpha value is -1.35. The number of hydrogen-bond donors (Lipinski definition) is 1. The number of rotatable bonds is 2. The maximum Gasteiger partial charge on any atom is 0.137 e. The molecule has 3 rings (SSSR count). The minimum absolute atomic E-state index is 0.580. The number of nitrogens with two attached hydrogens (primary N) is 1. The number of hydrogen-bond acceptors (Lipinski definition) is 2. The summed E-state index contributed by atoms with van der Waals surface area (Å²) in [5.41, 5.74) is 9.39. The first-order valence-corrected chi connectivity index (χ1v) is 6.56. The Morgan fingerprint density at radius 3 is 2.82 bits per heavy atom. The molecule has 0 saturated heterocycles. The van der Waals surface area contributed by atoms with E-state index in [0.717, 1.165) is 5.65 Å². The summed E-state index contributed by atoms with van der Waals surface area (Å²) in [5, 5.41) is 0. The topological polar surface area (TPSA) is 43.3 Å². The second-order valence-electron chi connectivity index (χ2n) is 4.91. The Morgan fingerprint density at radius 1 is 1.24 bits per heavy atom. The van der Waals surface area contributed by atoms with E-state index >= 15 is 0 Å². The van der Waals surface area contributed by atoms with Crippen molar-refractivity contribution in [3.8, 4) is 0 Å². The zero-order valence-electron chi connectivity index (χ0n) is 10.1. The van der Waals surface area contributed by atoms with E-state index in [9.17, 15) is 0 Å². The molecule has 3 heteroatoms. The fraction of sp³-hybridized carbons (Fsp3) is 0.500. The van der Waals surface area contributed by atoms with Crippen LogP contribution in [0.25, 0.3) is 5.65 Å². The van der Waals surface area contributed by atoms with Gasteiger partial charge in [0.2, 0.25) is 0 Å². The van der Waals surface area contributed by atoms with Crippen molar-refractivity contribution in [3.05, 3.63) is 35.8 Å². The molecule has 2 aromatic rings. The summed E-state index contributed by atoms with van der Waals surface area (Å²) >= 11 is 0. The lowest BCUT2D eigenvalue weighted by molar-refractivity contribution is 0.435. The van der Waals surface area contributed by atoms with Crippen molar-refractivity contribution in [2.75, 3.05) is 0 Å². The Morgan fingerprint density at radius 2 is 2.06 bits per heavy atom. The van der Waals surface area contributed by atoms with Crippen LogP contribution in [0.1, 0.15) is 49.4 Å². The van der Waals surface area contributed by atoms with E-state index < -0.39 is 0 Å². The lowest BCUT2D eigenvalue weighted by Crippen LogP contribution is -2.10. The van der Waals surface area contributed by atoms with Crippen LogP contribution in [0.3, 0.4) is 0 Å². The minimum atomic E-state index is 0.580. The van der Waals surface area contributed by atoms with Crippen LogP contribution < -0.4 is 5.73 Å². The lowest BCUT2D eigenvalue weighted by atomic mass is 9.86. The smallest absolute Gasteiger partial charge is 0.137 e. The highest BCUT2D eigenvalue weighted by Crippen LogP contribution is 2.34. The maximum absolute atomic E-state index is 5.91. The predicted octanol–water partition coefficient (Wildman–Crippen LogP) is 2.84. The van der Waals surface area contributed by atoms with E-state index in [4.69, 9.17) is 10.7 Å². The van der Waals surface area contributed by atoms with Crippen LogP contribution in [-0.4, -0.2) is 9.38 Å². The summed E-state index contributed by atoms with van der Waals surface area (Å²) in [5.74, 6) is 0.627. The first-order valence-electron chi connectivity index (χ1n) is 6.56. The molecule has 0 bridgehead atoms. The molecule has 0 spiro atoms. The highest BCUT2D eigenvalue weighted by molar-refractivity contribution is 5.44. The number of nitrogens with zero attached hydrogens (tertiary/aromatic N) is 2. The summed E-state index contributed by atoms with van der Waals surface area (Å²) in [6.07, 6.45) is 8.66. The van der Waals surface area contributed by atoms with E-state index in [1.165, 1.54) is 43.5 Å². The van der Waals surface area contributed by atoms with Gasteiger partial charge in [-0.2, -0.15) is 0 Å². The van der Waals surface area contributed by atoms with Gasteiger partial charge in [0.05, 0.1) is 11.4 Å². The Kier molecular flexibility index (Phi) is 2.85.